The molecule has 1 fully saturated rings. The van der Waals surface area contributed by atoms with E-state index in [2.05, 4.69) is 35.4 Å². The maximum atomic E-state index is 9.64. The predicted molar refractivity (Wildman–Crippen MR) is 65.7 cm³/mol. The molecule has 0 spiro atoms. The zero-order valence-electron chi connectivity index (χ0n) is 10.0. The van der Waals surface area contributed by atoms with Gasteiger partial charge >= 0.3 is 0 Å². The van der Waals surface area contributed by atoms with Gasteiger partial charge in [-0.1, -0.05) is 20.8 Å². The van der Waals surface area contributed by atoms with Gasteiger partial charge in [0.05, 0.1) is 6.10 Å². The third-order valence-electron chi connectivity index (χ3n) is 3.46. The first-order chi connectivity index (χ1) is 7.54. The molecule has 0 amide bonds. The Hall–Kier alpha value is -0.680. The lowest BCUT2D eigenvalue weighted by molar-refractivity contribution is -0.0510. The Bertz CT molecular complexity index is 364. The summed E-state index contributed by atoms with van der Waals surface area (Å²) in [4.78, 5) is 4.43. The average molecular weight is 241 g/mol. The number of aliphatic hydroxyl groups is 1. The number of hydrogen-bond donors (Lipinski definition) is 2. The maximum Gasteiger partial charge on any atom is 0.202 e. The molecule has 0 radical (unpaired) electrons. The second-order valence-corrected chi connectivity index (χ2v) is 5.79. The second kappa shape index (κ2) is 4.30. The smallest absolute Gasteiger partial charge is 0.202 e. The summed E-state index contributed by atoms with van der Waals surface area (Å²) in [5.74, 6) is 0.924. The summed E-state index contributed by atoms with van der Waals surface area (Å²) in [6, 6.07) is 0.310. The molecule has 0 bridgehead atoms. The van der Waals surface area contributed by atoms with Crippen molar-refractivity contribution in [1.29, 1.82) is 0 Å². The van der Waals surface area contributed by atoms with Crippen molar-refractivity contribution < 1.29 is 5.11 Å². The van der Waals surface area contributed by atoms with Crippen LogP contribution in [0, 0.1) is 5.41 Å². The van der Waals surface area contributed by atoms with Gasteiger partial charge in [-0.2, -0.15) is 4.37 Å². The van der Waals surface area contributed by atoms with Gasteiger partial charge in [-0.15, -0.1) is 0 Å². The van der Waals surface area contributed by atoms with Crippen LogP contribution < -0.4 is 5.32 Å². The van der Waals surface area contributed by atoms with Crippen molar-refractivity contribution in [3.05, 3.63) is 5.82 Å². The number of aryl methyl sites for hydroxylation is 1. The van der Waals surface area contributed by atoms with Crippen molar-refractivity contribution in [3.63, 3.8) is 0 Å². The number of hydrogen-bond acceptors (Lipinski definition) is 5. The van der Waals surface area contributed by atoms with E-state index in [1.54, 1.807) is 0 Å². The molecule has 1 aromatic heterocycles. The SMILES string of the molecule is CCCc1nsc(NC2CC(O)C2(C)C)n1. The van der Waals surface area contributed by atoms with Gasteiger partial charge in [0.1, 0.15) is 5.82 Å². The van der Waals surface area contributed by atoms with E-state index in [-0.39, 0.29) is 11.5 Å². The zero-order valence-corrected chi connectivity index (χ0v) is 10.8. The van der Waals surface area contributed by atoms with E-state index in [1.165, 1.54) is 11.5 Å². The molecule has 5 heteroatoms. The summed E-state index contributed by atoms with van der Waals surface area (Å²) in [5.41, 5.74) is -0.0589. The molecule has 2 N–H and O–H groups in total. The van der Waals surface area contributed by atoms with Gasteiger partial charge in [-0.3, -0.25) is 0 Å². The molecule has 16 heavy (non-hydrogen) atoms. The first-order valence-electron chi connectivity index (χ1n) is 5.81. The van der Waals surface area contributed by atoms with Crippen molar-refractivity contribution in [1.82, 2.24) is 9.36 Å². The van der Waals surface area contributed by atoms with Gasteiger partial charge in [-0.25, -0.2) is 4.98 Å². The lowest BCUT2D eigenvalue weighted by atomic mass is 9.65. The minimum absolute atomic E-state index is 0.0589. The number of nitrogens with zero attached hydrogens (tertiary/aromatic N) is 2. The lowest BCUT2D eigenvalue weighted by Crippen LogP contribution is -2.56. The zero-order chi connectivity index (χ0) is 11.8. The number of anilines is 1. The van der Waals surface area contributed by atoms with E-state index in [9.17, 15) is 5.11 Å². The Morgan fingerprint density at radius 1 is 1.56 bits per heavy atom. The summed E-state index contributed by atoms with van der Waals surface area (Å²) in [5, 5.41) is 13.9. The topological polar surface area (TPSA) is 58.0 Å². The van der Waals surface area contributed by atoms with Gasteiger partial charge in [-0.05, 0) is 12.8 Å². The van der Waals surface area contributed by atoms with Crippen molar-refractivity contribution >= 4 is 16.7 Å². The van der Waals surface area contributed by atoms with Crippen LogP contribution in [0.15, 0.2) is 0 Å². The normalized spacial score (nSPS) is 27.5. The van der Waals surface area contributed by atoms with E-state index >= 15 is 0 Å². The monoisotopic (exact) mass is 241 g/mol. The third-order valence-corrected chi connectivity index (χ3v) is 4.14. The highest BCUT2D eigenvalue weighted by atomic mass is 32.1. The van der Waals surface area contributed by atoms with E-state index in [0.29, 0.717) is 6.04 Å². The van der Waals surface area contributed by atoms with Crippen LogP contribution in [0.25, 0.3) is 0 Å². The standard InChI is InChI=1S/C11H19N3OS/c1-4-5-9-13-10(16-14-9)12-7-6-8(15)11(7,2)3/h7-8,15H,4-6H2,1-3H3,(H,12,13,14). The largest absolute Gasteiger partial charge is 0.392 e. The summed E-state index contributed by atoms with van der Waals surface area (Å²) in [6.07, 6.45) is 2.61. The highest BCUT2D eigenvalue weighted by molar-refractivity contribution is 7.09. The molecule has 0 saturated heterocycles. The van der Waals surface area contributed by atoms with E-state index < -0.39 is 0 Å². The average Bonchev–Trinajstić information content (AvgIpc) is 2.66. The Morgan fingerprint density at radius 3 is 2.88 bits per heavy atom. The summed E-state index contributed by atoms with van der Waals surface area (Å²) >= 11 is 1.42. The fourth-order valence-electron chi connectivity index (χ4n) is 1.93. The van der Waals surface area contributed by atoms with Gasteiger partial charge in [0.25, 0.3) is 0 Å². The van der Waals surface area contributed by atoms with Gasteiger partial charge in [0.15, 0.2) is 0 Å². The lowest BCUT2D eigenvalue weighted by Gasteiger charge is -2.49. The van der Waals surface area contributed by atoms with Crippen molar-refractivity contribution in [2.24, 2.45) is 5.41 Å². The molecule has 1 saturated carbocycles. The summed E-state index contributed by atoms with van der Waals surface area (Å²) < 4.78 is 4.29. The number of rotatable bonds is 4. The number of aromatic nitrogens is 2. The fourth-order valence-corrected chi connectivity index (χ4v) is 2.60. The maximum absolute atomic E-state index is 9.64. The fraction of sp³-hybridized carbons (Fsp3) is 0.818. The quantitative estimate of drug-likeness (QED) is 0.847. The Morgan fingerprint density at radius 2 is 2.31 bits per heavy atom. The minimum Gasteiger partial charge on any atom is -0.392 e. The van der Waals surface area contributed by atoms with Gasteiger partial charge in [0.2, 0.25) is 5.13 Å². The first-order valence-corrected chi connectivity index (χ1v) is 6.58. The van der Waals surface area contributed by atoms with Crippen LogP contribution in [0.4, 0.5) is 5.13 Å². The second-order valence-electron chi connectivity index (χ2n) is 5.04. The van der Waals surface area contributed by atoms with Crippen LogP contribution in [-0.4, -0.2) is 26.6 Å². The number of aliphatic hydroxyl groups excluding tert-OH is 1. The van der Waals surface area contributed by atoms with Gasteiger partial charge in [0, 0.05) is 29.4 Å². The van der Waals surface area contributed by atoms with Crippen LogP contribution in [0.5, 0.6) is 0 Å². The Labute approximate surface area is 100 Å². The van der Waals surface area contributed by atoms with E-state index in [4.69, 9.17) is 0 Å². The van der Waals surface area contributed by atoms with Crippen LogP contribution in [0.2, 0.25) is 0 Å². The Balaban J connectivity index is 1.94. The highest BCUT2D eigenvalue weighted by Gasteiger charge is 2.47. The molecule has 1 heterocycles. The molecule has 0 aliphatic heterocycles. The molecule has 2 rings (SSSR count). The van der Waals surface area contributed by atoms with Crippen LogP contribution >= 0.6 is 11.5 Å². The molecule has 0 aromatic carbocycles. The molecule has 1 aliphatic carbocycles. The van der Waals surface area contributed by atoms with Crippen LogP contribution in [0.3, 0.4) is 0 Å². The van der Waals surface area contributed by atoms with Crippen molar-refractivity contribution in [2.75, 3.05) is 5.32 Å². The van der Waals surface area contributed by atoms with Crippen molar-refractivity contribution in [3.8, 4) is 0 Å². The molecule has 1 aromatic rings. The molecular weight excluding hydrogens is 222 g/mol. The molecule has 2 unspecified atom stereocenters. The minimum atomic E-state index is -0.201. The number of nitrogens with one attached hydrogen (secondary N) is 1. The van der Waals surface area contributed by atoms with E-state index in [1.807, 2.05) is 0 Å². The van der Waals surface area contributed by atoms with E-state index in [0.717, 1.165) is 30.2 Å². The summed E-state index contributed by atoms with van der Waals surface area (Å²) in [7, 11) is 0. The first kappa shape index (κ1) is 11.8. The molecule has 4 nitrogen and oxygen atoms in total. The third kappa shape index (κ3) is 2.06. The molecule has 90 valence electrons. The molecule has 1 aliphatic rings. The highest BCUT2D eigenvalue weighted by Crippen LogP contribution is 2.42. The van der Waals surface area contributed by atoms with Crippen LogP contribution in [-0.2, 0) is 6.42 Å². The predicted octanol–water partition coefficient (Wildman–Crippen LogP) is 2.06. The molecular formula is C11H19N3OS. The van der Waals surface area contributed by atoms with Crippen molar-refractivity contribution in [2.45, 2.75) is 52.2 Å². The summed E-state index contributed by atoms with van der Waals surface area (Å²) in [6.45, 7) is 6.28. The molecule has 2 atom stereocenters. The van der Waals surface area contributed by atoms with Gasteiger partial charge < -0.3 is 10.4 Å². The van der Waals surface area contributed by atoms with Crippen LogP contribution in [0.1, 0.15) is 39.4 Å². The Kier molecular flexibility index (Phi) is 3.17.